The Morgan fingerprint density at radius 1 is 0.833 bits per heavy atom. The summed E-state index contributed by atoms with van der Waals surface area (Å²) in [7, 11) is 1.64. The molecule has 2 aromatic heterocycles. The molecule has 0 saturated heterocycles. The summed E-state index contributed by atoms with van der Waals surface area (Å²) < 4.78 is 7.28. The van der Waals surface area contributed by atoms with Crippen LogP contribution in [0.25, 0.3) is 38.8 Å². The average Bonchev–Trinajstić information content (AvgIpc) is 3.14. The molecule has 4 nitrogen and oxygen atoms in total. The molecule has 5 rings (SSSR count). The van der Waals surface area contributed by atoms with Gasteiger partial charge >= 0.3 is 0 Å². The molecule has 0 atom stereocenters. The van der Waals surface area contributed by atoms with Crippen LogP contribution < -0.4 is 4.74 Å². The van der Waals surface area contributed by atoms with Gasteiger partial charge in [-0.2, -0.15) is 5.10 Å². The number of hydrogen-bond donors (Lipinski definition) is 0. The van der Waals surface area contributed by atoms with Gasteiger partial charge in [-0.25, -0.2) is 4.68 Å². The summed E-state index contributed by atoms with van der Waals surface area (Å²) in [6, 6.07) is 18.7. The number of benzene rings is 3. The summed E-state index contributed by atoms with van der Waals surface area (Å²) in [5.41, 5.74) is 4.15. The monoisotopic (exact) mass is 453 g/mol. The highest BCUT2D eigenvalue weighted by atomic mass is 35.5. The Morgan fingerprint density at radius 2 is 1.60 bits per heavy atom. The molecule has 0 saturated carbocycles. The van der Waals surface area contributed by atoms with E-state index in [2.05, 4.69) is 4.98 Å². The zero-order chi connectivity index (χ0) is 20.8. The lowest BCUT2D eigenvalue weighted by Crippen LogP contribution is -1.98. The molecule has 5 aromatic rings. The Kier molecular flexibility index (Phi) is 4.78. The number of halogens is 3. The molecule has 0 N–H and O–H groups in total. The molecule has 0 aliphatic carbocycles. The summed E-state index contributed by atoms with van der Waals surface area (Å²) in [6.45, 7) is 0. The van der Waals surface area contributed by atoms with Crippen molar-refractivity contribution in [2.45, 2.75) is 0 Å². The molecule has 0 bridgehead atoms. The SMILES string of the molecule is COc1ccc2ncc3c(-c4ccc(Cl)cc4)nn(-c4ccc(Cl)cc4Cl)c3c2c1. The van der Waals surface area contributed by atoms with E-state index in [1.165, 1.54) is 0 Å². The minimum Gasteiger partial charge on any atom is -0.497 e. The van der Waals surface area contributed by atoms with E-state index in [1.807, 2.05) is 59.4 Å². The van der Waals surface area contributed by atoms with E-state index in [0.717, 1.165) is 44.5 Å². The fraction of sp³-hybridized carbons (Fsp3) is 0.0435. The number of rotatable bonds is 3. The Bertz CT molecular complexity index is 1410. The van der Waals surface area contributed by atoms with Gasteiger partial charge in [-0.15, -0.1) is 0 Å². The minimum atomic E-state index is 0.502. The molecule has 0 unspecified atom stereocenters. The van der Waals surface area contributed by atoms with Crippen molar-refractivity contribution in [2.24, 2.45) is 0 Å². The Morgan fingerprint density at radius 3 is 2.33 bits per heavy atom. The van der Waals surface area contributed by atoms with Crippen molar-refractivity contribution in [2.75, 3.05) is 7.11 Å². The molecule has 0 radical (unpaired) electrons. The zero-order valence-electron chi connectivity index (χ0n) is 15.7. The number of hydrogen-bond acceptors (Lipinski definition) is 3. The lowest BCUT2D eigenvalue weighted by Gasteiger charge is -2.09. The highest BCUT2D eigenvalue weighted by molar-refractivity contribution is 6.36. The normalized spacial score (nSPS) is 11.3. The van der Waals surface area contributed by atoms with Gasteiger partial charge in [0.15, 0.2) is 0 Å². The summed E-state index contributed by atoms with van der Waals surface area (Å²) in [5, 5.41) is 8.45. The molecule has 0 fully saturated rings. The Balaban J connectivity index is 1.91. The van der Waals surface area contributed by atoms with Gasteiger partial charge in [0, 0.05) is 32.6 Å². The number of methoxy groups -OCH3 is 1. The van der Waals surface area contributed by atoms with Crippen molar-refractivity contribution in [3.63, 3.8) is 0 Å². The van der Waals surface area contributed by atoms with Gasteiger partial charge in [0.1, 0.15) is 11.4 Å². The van der Waals surface area contributed by atoms with E-state index < -0.39 is 0 Å². The first-order valence-electron chi connectivity index (χ1n) is 9.12. The van der Waals surface area contributed by atoms with Crippen LogP contribution in [0.2, 0.25) is 15.1 Å². The van der Waals surface area contributed by atoms with E-state index in [4.69, 9.17) is 44.6 Å². The molecular formula is C23H14Cl3N3O. The van der Waals surface area contributed by atoms with Crippen LogP contribution >= 0.6 is 34.8 Å². The fourth-order valence-corrected chi connectivity index (χ4v) is 4.15. The maximum Gasteiger partial charge on any atom is 0.119 e. The molecule has 30 heavy (non-hydrogen) atoms. The molecule has 7 heteroatoms. The Labute approximate surface area is 187 Å². The number of aromatic nitrogens is 3. The highest BCUT2D eigenvalue weighted by Crippen LogP contribution is 2.37. The van der Waals surface area contributed by atoms with E-state index >= 15 is 0 Å². The first kappa shape index (κ1) is 19.2. The molecule has 0 spiro atoms. The molecule has 0 aliphatic heterocycles. The van der Waals surface area contributed by atoms with Crippen molar-refractivity contribution in [3.8, 4) is 22.7 Å². The number of pyridine rings is 1. The van der Waals surface area contributed by atoms with Crippen molar-refractivity contribution in [3.05, 3.63) is 81.9 Å². The number of fused-ring (bicyclic) bond motifs is 3. The van der Waals surface area contributed by atoms with Crippen LogP contribution in [0.4, 0.5) is 0 Å². The summed E-state index contributed by atoms with van der Waals surface area (Å²) >= 11 is 18.8. The van der Waals surface area contributed by atoms with Gasteiger partial charge in [0.2, 0.25) is 0 Å². The van der Waals surface area contributed by atoms with E-state index in [9.17, 15) is 0 Å². The smallest absolute Gasteiger partial charge is 0.119 e. The topological polar surface area (TPSA) is 39.9 Å². The lowest BCUT2D eigenvalue weighted by molar-refractivity contribution is 0.415. The van der Waals surface area contributed by atoms with Gasteiger partial charge in [0.05, 0.1) is 28.9 Å². The second-order valence-corrected chi connectivity index (χ2v) is 8.05. The first-order valence-corrected chi connectivity index (χ1v) is 10.3. The largest absolute Gasteiger partial charge is 0.497 e. The van der Waals surface area contributed by atoms with Crippen LogP contribution in [0.5, 0.6) is 5.75 Å². The van der Waals surface area contributed by atoms with Crippen LogP contribution in [-0.4, -0.2) is 21.9 Å². The second-order valence-electron chi connectivity index (χ2n) is 6.77. The highest BCUT2D eigenvalue weighted by Gasteiger charge is 2.19. The van der Waals surface area contributed by atoms with Gasteiger partial charge < -0.3 is 4.74 Å². The van der Waals surface area contributed by atoms with Gasteiger partial charge in [-0.1, -0.05) is 46.9 Å². The maximum atomic E-state index is 6.55. The van der Waals surface area contributed by atoms with Crippen LogP contribution in [0, 0.1) is 0 Å². The maximum absolute atomic E-state index is 6.55. The Hall–Kier alpha value is -2.79. The van der Waals surface area contributed by atoms with Crippen molar-refractivity contribution < 1.29 is 4.74 Å². The fourth-order valence-electron chi connectivity index (χ4n) is 3.54. The quantitative estimate of drug-likeness (QED) is 0.289. The van der Waals surface area contributed by atoms with Crippen LogP contribution in [0.1, 0.15) is 0 Å². The standard InChI is InChI=1S/C23H14Cl3N3O/c1-30-16-7-8-20-17(11-16)23-18(12-27-20)22(13-2-4-14(24)5-3-13)28-29(23)21-9-6-15(25)10-19(21)26/h2-12H,1H3. The molecule has 0 aliphatic rings. The van der Waals surface area contributed by atoms with Crippen LogP contribution in [0.3, 0.4) is 0 Å². The van der Waals surface area contributed by atoms with Crippen LogP contribution in [-0.2, 0) is 0 Å². The van der Waals surface area contributed by atoms with E-state index in [0.29, 0.717) is 15.1 Å². The van der Waals surface area contributed by atoms with Gasteiger partial charge in [0.25, 0.3) is 0 Å². The minimum absolute atomic E-state index is 0.502. The number of nitrogens with zero attached hydrogens (tertiary/aromatic N) is 3. The van der Waals surface area contributed by atoms with Gasteiger partial charge in [-0.3, -0.25) is 4.98 Å². The molecule has 148 valence electrons. The molecule has 2 heterocycles. The summed E-state index contributed by atoms with van der Waals surface area (Å²) in [5.74, 6) is 0.736. The second kappa shape index (κ2) is 7.47. The van der Waals surface area contributed by atoms with Crippen molar-refractivity contribution >= 4 is 56.6 Å². The predicted molar refractivity (Wildman–Crippen MR) is 123 cm³/mol. The van der Waals surface area contributed by atoms with Crippen molar-refractivity contribution in [1.82, 2.24) is 14.8 Å². The third-order valence-electron chi connectivity index (χ3n) is 4.97. The predicted octanol–water partition coefficient (Wildman–Crippen LogP) is 7.21. The third-order valence-corrected chi connectivity index (χ3v) is 5.76. The molecular weight excluding hydrogens is 441 g/mol. The third kappa shape index (κ3) is 3.18. The van der Waals surface area contributed by atoms with Gasteiger partial charge in [-0.05, 0) is 48.5 Å². The summed E-state index contributed by atoms with van der Waals surface area (Å²) in [6.07, 6.45) is 1.83. The first-order chi connectivity index (χ1) is 14.5. The zero-order valence-corrected chi connectivity index (χ0v) is 18.0. The lowest BCUT2D eigenvalue weighted by atomic mass is 10.1. The van der Waals surface area contributed by atoms with Crippen LogP contribution in [0.15, 0.2) is 66.9 Å². The van der Waals surface area contributed by atoms with E-state index in [-0.39, 0.29) is 0 Å². The average molecular weight is 455 g/mol. The molecule has 3 aromatic carbocycles. The summed E-state index contributed by atoms with van der Waals surface area (Å²) in [4.78, 5) is 4.64. The number of ether oxygens (including phenoxy) is 1. The van der Waals surface area contributed by atoms with Crippen molar-refractivity contribution in [1.29, 1.82) is 0 Å². The molecule has 0 amide bonds. The van der Waals surface area contributed by atoms with E-state index in [1.54, 1.807) is 19.2 Å².